The summed E-state index contributed by atoms with van der Waals surface area (Å²) in [5.74, 6) is 3.71. The molecule has 0 bridgehead atoms. The van der Waals surface area contributed by atoms with Gasteiger partial charge in [-0.1, -0.05) is 25.1 Å². The van der Waals surface area contributed by atoms with Crippen LogP contribution in [-0.4, -0.2) is 24.5 Å². The van der Waals surface area contributed by atoms with Gasteiger partial charge in [-0.25, -0.2) is 0 Å². The fourth-order valence-electron chi connectivity index (χ4n) is 2.97. The van der Waals surface area contributed by atoms with Gasteiger partial charge in [0.2, 0.25) is 5.91 Å². The van der Waals surface area contributed by atoms with Gasteiger partial charge in [-0.3, -0.25) is 4.79 Å². The molecule has 2 aromatic rings. The highest BCUT2D eigenvalue weighted by Crippen LogP contribution is 2.47. The van der Waals surface area contributed by atoms with Gasteiger partial charge in [-0.2, -0.15) is 0 Å². The standard InChI is InChI=1S/C22H25NO3/c1-4-13-23(15-17-5-7-18(25-3)8-6-17)22(24)12-10-19-9-11-21(26-19)20-14-16(20)2/h4-12,16,20H,1,13-15H2,2-3H3/b12-10+. The van der Waals surface area contributed by atoms with Crippen molar-refractivity contribution in [2.24, 2.45) is 5.92 Å². The molecule has 0 aliphatic heterocycles. The summed E-state index contributed by atoms with van der Waals surface area (Å²) in [5, 5.41) is 0. The van der Waals surface area contributed by atoms with Gasteiger partial charge < -0.3 is 14.1 Å². The second-order valence-electron chi connectivity index (χ2n) is 6.75. The summed E-state index contributed by atoms with van der Waals surface area (Å²) in [6, 6.07) is 11.6. The molecule has 2 unspecified atom stereocenters. The number of nitrogens with zero attached hydrogens (tertiary/aromatic N) is 1. The Kier molecular flexibility index (Phi) is 5.61. The molecule has 2 atom stereocenters. The maximum atomic E-state index is 12.6. The maximum absolute atomic E-state index is 12.6. The summed E-state index contributed by atoms with van der Waals surface area (Å²) in [4.78, 5) is 14.3. The molecule has 0 spiro atoms. The molecule has 4 heteroatoms. The van der Waals surface area contributed by atoms with E-state index in [0.29, 0.717) is 24.9 Å². The molecule has 136 valence electrons. The molecule has 4 nitrogen and oxygen atoms in total. The SMILES string of the molecule is C=CCN(Cc1ccc(OC)cc1)C(=O)/C=C/c1ccc(C2CC2C)o1. The third-order valence-electron chi connectivity index (χ3n) is 4.71. The van der Waals surface area contributed by atoms with E-state index in [9.17, 15) is 4.79 Å². The molecule has 1 fully saturated rings. The number of hydrogen-bond donors (Lipinski definition) is 0. The zero-order valence-electron chi connectivity index (χ0n) is 15.4. The van der Waals surface area contributed by atoms with Gasteiger partial charge in [0.15, 0.2) is 0 Å². The van der Waals surface area contributed by atoms with Gasteiger partial charge in [-0.15, -0.1) is 6.58 Å². The van der Waals surface area contributed by atoms with Crippen LogP contribution in [0.1, 0.15) is 36.3 Å². The Labute approximate surface area is 154 Å². The predicted octanol–water partition coefficient (Wildman–Crippen LogP) is 4.64. The summed E-state index contributed by atoms with van der Waals surface area (Å²) in [7, 11) is 1.64. The van der Waals surface area contributed by atoms with Crippen molar-refractivity contribution in [2.45, 2.75) is 25.8 Å². The number of benzene rings is 1. The van der Waals surface area contributed by atoms with Crippen molar-refractivity contribution < 1.29 is 13.9 Å². The average Bonchev–Trinajstić information content (AvgIpc) is 3.19. The number of carbonyl (C=O) groups excluding carboxylic acids is 1. The molecule has 26 heavy (non-hydrogen) atoms. The molecule has 1 aromatic carbocycles. The number of methoxy groups -OCH3 is 1. The van der Waals surface area contributed by atoms with Crippen LogP contribution in [-0.2, 0) is 11.3 Å². The molecule has 3 rings (SSSR count). The Morgan fingerprint density at radius 3 is 2.65 bits per heavy atom. The molecular formula is C22H25NO3. The normalized spacial score (nSPS) is 18.7. The lowest BCUT2D eigenvalue weighted by Gasteiger charge is -2.19. The third kappa shape index (κ3) is 4.45. The van der Waals surface area contributed by atoms with Crippen LogP contribution < -0.4 is 4.74 Å². The Balaban J connectivity index is 1.63. The molecule has 1 aromatic heterocycles. The van der Waals surface area contributed by atoms with Gasteiger partial charge in [0.05, 0.1) is 7.11 Å². The number of rotatable bonds is 8. The minimum Gasteiger partial charge on any atom is -0.497 e. The predicted molar refractivity (Wildman–Crippen MR) is 103 cm³/mol. The molecule has 1 saturated carbocycles. The first kappa shape index (κ1) is 18.1. The number of furan rings is 1. The van der Waals surface area contributed by atoms with Crippen molar-refractivity contribution in [3.8, 4) is 5.75 Å². The highest BCUT2D eigenvalue weighted by Gasteiger charge is 2.36. The van der Waals surface area contributed by atoms with Crippen LogP contribution in [0.2, 0.25) is 0 Å². The van der Waals surface area contributed by atoms with Crippen molar-refractivity contribution in [1.29, 1.82) is 0 Å². The summed E-state index contributed by atoms with van der Waals surface area (Å²) in [6.07, 6.45) is 6.22. The van der Waals surface area contributed by atoms with Crippen molar-refractivity contribution in [2.75, 3.05) is 13.7 Å². The van der Waals surface area contributed by atoms with Gasteiger partial charge in [0.1, 0.15) is 17.3 Å². The van der Waals surface area contributed by atoms with E-state index >= 15 is 0 Å². The van der Waals surface area contributed by atoms with Gasteiger partial charge >= 0.3 is 0 Å². The minimum absolute atomic E-state index is 0.0709. The van der Waals surface area contributed by atoms with Gasteiger partial charge in [0.25, 0.3) is 0 Å². The van der Waals surface area contributed by atoms with Gasteiger partial charge in [0, 0.05) is 25.1 Å². The van der Waals surface area contributed by atoms with E-state index in [0.717, 1.165) is 22.8 Å². The fraction of sp³-hybridized carbons (Fsp3) is 0.318. The largest absolute Gasteiger partial charge is 0.497 e. The quantitative estimate of drug-likeness (QED) is 0.514. The van der Waals surface area contributed by atoms with E-state index < -0.39 is 0 Å². The summed E-state index contributed by atoms with van der Waals surface area (Å²) in [5.41, 5.74) is 1.04. The smallest absolute Gasteiger partial charge is 0.247 e. The van der Waals surface area contributed by atoms with Crippen LogP contribution >= 0.6 is 0 Å². The highest BCUT2D eigenvalue weighted by molar-refractivity contribution is 5.91. The third-order valence-corrected chi connectivity index (χ3v) is 4.71. The van der Waals surface area contributed by atoms with Crippen LogP contribution in [0.25, 0.3) is 6.08 Å². The molecule has 0 N–H and O–H groups in total. The molecular weight excluding hydrogens is 326 g/mol. The van der Waals surface area contributed by atoms with E-state index in [1.807, 2.05) is 36.4 Å². The molecule has 1 aliphatic rings. The van der Waals surface area contributed by atoms with E-state index in [4.69, 9.17) is 9.15 Å². The lowest BCUT2D eigenvalue weighted by atomic mass is 10.2. The summed E-state index contributed by atoms with van der Waals surface area (Å²) < 4.78 is 11.0. The van der Waals surface area contributed by atoms with Gasteiger partial charge in [-0.05, 0) is 48.2 Å². The molecule has 1 heterocycles. The van der Waals surface area contributed by atoms with E-state index in [1.54, 1.807) is 30.2 Å². The monoisotopic (exact) mass is 351 g/mol. The summed E-state index contributed by atoms with van der Waals surface area (Å²) in [6.45, 7) is 6.97. The first-order chi connectivity index (χ1) is 12.6. The van der Waals surface area contributed by atoms with Crippen LogP contribution in [0.15, 0.2) is 59.5 Å². The lowest BCUT2D eigenvalue weighted by molar-refractivity contribution is -0.126. The Hall–Kier alpha value is -2.75. The second kappa shape index (κ2) is 8.09. The number of hydrogen-bond acceptors (Lipinski definition) is 3. The molecule has 0 saturated heterocycles. The maximum Gasteiger partial charge on any atom is 0.247 e. The highest BCUT2D eigenvalue weighted by atomic mass is 16.5. The van der Waals surface area contributed by atoms with Crippen LogP contribution in [0.4, 0.5) is 0 Å². The van der Waals surface area contributed by atoms with E-state index in [1.165, 1.54) is 6.42 Å². The zero-order valence-corrected chi connectivity index (χ0v) is 15.4. The molecule has 1 amide bonds. The van der Waals surface area contributed by atoms with Crippen molar-refractivity contribution >= 4 is 12.0 Å². The van der Waals surface area contributed by atoms with Crippen molar-refractivity contribution in [1.82, 2.24) is 4.90 Å². The Morgan fingerprint density at radius 1 is 1.31 bits per heavy atom. The van der Waals surface area contributed by atoms with Crippen LogP contribution in [0.3, 0.4) is 0 Å². The Bertz CT molecular complexity index is 788. The van der Waals surface area contributed by atoms with Crippen LogP contribution in [0.5, 0.6) is 5.75 Å². The Morgan fingerprint density at radius 2 is 2.04 bits per heavy atom. The second-order valence-corrected chi connectivity index (χ2v) is 6.75. The van der Waals surface area contributed by atoms with E-state index in [2.05, 4.69) is 13.5 Å². The molecule has 0 radical (unpaired) electrons. The average molecular weight is 351 g/mol. The van der Waals surface area contributed by atoms with Crippen LogP contribution in [0, 0.1) is 5.92 Å². The number of ether oxygens (including phenoxy) is 1. The first-order valence-electron chi connectivity index (χ1n) is 8.91. The first-order valence-corrected chi connectivity index (χ1v) is 8.91. The number of carbonyl (C=O) groups is 1. The van der Waals surface area contributed by atoms with Crippen molar-refractivity contribution in [3.05, 3.63) is 72.2 Å². The zero-order chi connectivity index (χ0) is 18.5. The van der Waals surface area contributed by atoms with E-state index in [-0.39, 0.29) is 5.91 Å². The number of amides is 1. The summed E-state index contributed by atoms with van der Waals surface area (Å²) >= 11 is 0. The van der Waals surface area contributed by atoms with Crippen molar-refractivity contribution in [3.63, 3.8) is 0 Å². The lowest BCUT2D eigenvalue weighted by Crippen LogP contribution is -2.29. The molecule has 1 aliphatic carbocycles. The topological polar surface area (TPSA) is 42.7 Å². The fourth-order valence-corrected chi connectivity index (χ4v) is 2.97. The minimum atomic E-state index is -0.0709.